The molecule has 11 heteroatoms. The molecule has 1 N–H and O–H groups in total. The summed E-state index contributed by atoms with van der Waals surface area (Å²) >= 11 is 0. The fraction of sp³-hybridized carbons (Fsp3) is 0.350. The van der Waals surface area contributed by atoms with E-state index < -0.39 is 17.9 Å². The van der Waals surface area contributed by atoms with Crippen molar-refractivity contribution in [3.05, 3.63) is 47.5 Å². The molecule has 3 aromatic rings. The van der Waals surface area contributed by atoms with Gasteiger partial charge in [0, 0.05) is 18.1 Å². The molecule has 0 amide bonds. The standard InChI is InChI=1S/C20H18F4N4O3/c1-29-17-10-14(31-20(22,23)24)9-15(19(17)21)11-3-6-16-12(8-11)2-4-13(30-16)5-7-18-25-27-28-26-18/h3,6,8-10,13H,2,4-5,7H2,1H3,(H,25,26,27,28)/t13-/m1/s1. The van der Waals surface area contributed by atoms with E-state index in [0.29, 0.717) is 36.4 Å². The minimum Gasteiger partial charge on any atom is -0.494 e. The van der Waals surface area contributed by atoms with Crippen LogP contribution in [0.1, 0.15) is 24.2 Å². The molecule has 0 saturated heterocycles. The minimum atomic E-state index is -4.90. The van der Waals surface area contributed by atoms with Gasteiger partial charge in [-0.3, -0.25) is 0 Å². The molecule has 0 aliphatic carbocycles. The lowest BCUT2D eigenvalue weighted by molar-refractivity contribution is -0.274. The van der Waals surface area contributed by atoms with E-state index in [9.17, 15) is 17.6 Å². The van der Waals surface area contributed by atoms with Crippen LogP contribution in [0.4, 0.5) is 17.6 Å². The fourth-order valence-corrected chi connectivity index (χ4v) is 3.52. The number of tetrazole rings is 1. The van der Waals surface area contributed by atoms with Crippen molar-refractivity contribution in [1.82, 2.24) is 20.6 Å². The summed E-state index contributed by atoms with van der Waals surface area (Å²) in [6.07, 6.45) is -2.19. The van der Waals surface area contributed by atoms with E-state index in [1.165, 1.54) is 7.11 Å². The first kappa shape index (κ1) is 20.9. The summed E-state index contributed by atoms with van der Waals surface area (Å²) in [6.45, 7) is 0. The molecule has 0 saturated carbocycles. The van der Waals surface area contributed by atoms with Crippen LogP contribution in [-0.2, 0) is 12.8 Å². The zero-order valence-electron chi connectivity index (χ0n) is 16.4. The monoisotopic (exact) mass is 438 g/mol. The average Bonchev–Trinajstić information content (AvgIpc) is 3.25. The lowest BCUT2D eigenvalue weighted by Gasteiger charge is -2.26. The van der Waals surface area contributed by atoms with Crippen molar-refractivity contribution in [3.8, 4) is 28.4 Å². The Morgan fingerprint density at radius 2 is 2.06 bits per heavy atom. The molecule has 1 aliphatic rings. The van der Waals surface area contributed by atoms with Gasteiger partial charge in [0.2, 0.25) is 0 Å². The summed E-state index contributed by atoms with van der Waals surface area (Å²) in [5.41, 5.74) is 1.19. The van der Waals surface area contributed by atoms with Gasteiger partial charge in [0.1, 0.15) is 11.5 Å². The molecule has 2 aromatic carbocycles. The van der Waals surface area contributed by atoms with Gasteiger partial charge in [-0.15, -0.1) is 23.4 Å². The first-order chi connectivity index (χ1) is 14.8. The second kappa shape index (κ2) is 8.40. The number of fused-ring (bicyclic) bond motifs is 1. The maximum absolute atomic E-state index is 14.8. The van der Waals surface area contributed by atoms with E-state index in [2.05, 4.69) is 25.4 Å². The summed E-state index contributed by atoms with van der Waals surface area (Å²) in [7, 11) is 1.18. The molecule has 7 nitrogen and oxygen atoms in total. The van der Waals surface area contributed by atoms with Crippen molar-refractivity contribution in [2.45, 2.75) is 38.1 Å². The van der Waals surface area contributed by atoms with E-state index in [4.69, 9.17) is 9.47 Å². The number of alkyl halides is 3. The lowest BCUT2D eigenvalue weighted by Crippen LogP contribution is -2.23. The Bertz CT molecular complexity index is 1060. The molecule has 164 valence electrons. The largest absolute Gasteiger partial charge is 0.573 e. The van der Waals surface area contributed by atoms with E-state index in [-0.39, 0.29) is 17.4 Å². The first-order valence-corrected chi connectivity index (χ1v) is 9.48. The molecule has 1 aliphatic heterocycles. The highest BCUT2D eigenvalue weighted by atomic mass is 19.4. The number of aromatic amines is 1. The number of methoxy groups -OCH3 is 1. The minimum absolute atomic E-state index is 0.0304. The highest BCUT2D eigenvalue weighted by Gasteiger charge is 2.32. The highest BCUT2D eigenvalue weighted by Crippen LogP contribution is 2.39. The molecule has 1 aromatic heterocycles. The van der Waals surface area contributed by atoms with E-state index >= 15 is 0 Å². The number of nitrogens with zero attached hydrogens (tertiary/aromatic N) is 3. The second-order valence-electron chi connectivity index (χ2n) is 7.00. The van der Waals surface area contributed by atoms with Crippen LogP contribution in [0.2, 0.25) is 0 Å². The Kier molecular flexibility index (Phi) is 5.66. The number of hydrogen-bond acceptors (Lipinski definition) is 6. The maximum Gasteiger partial charge on any atom is 0.573 e. The molecular weight excluding hydrogens is 420 g/mol. The topological polar surface area (TPSA) is 82.2 Å². The fourth-order valence-electron chi connectivity index (χ4n) is 3.52. The van der Waals surface area contributed by atoms with Crippen LogP contribution < -0.4 is 14.2 Å². The third-order valence-corrected chi connectivity index (χ3v) is 4.95. The molecule has 0 unspecified atom stereocenters. The molecular formula is C20H18F4N4O3. The van der Waals surface area contributed by atoms with Gasteiger partial charge in [-0.25, -0.2) is 4.39 Å². The number of ether oxygens (including phenoxy) is 3. The Morgan fingerprint density at radius 1 is 1.23 bits per heavy atom. The van der Waals surface area contributed by atoms with Crippen LogP contribution in [0.3, 0.4) is 0 Å². The summed E-state index contributed by atoms with van der Waals surface area (Å²) < 4.78 is 67.6. The van der Waals surface area contributed by atoms with Gasteiger partial charge in [-0.2, -0.15) is 5.21 Å². The number of H-pyrrole nitrogens is 1. The van der Waals surface area contributed by atoms with Crippen LogP contribution in [0, 0.1) is 5.82 Å². The quantitative estimate of drug-likeness (QED) is 0.580. The Morgan fingerprint density at radius 3 is 2.77 bits per heavy atom. The van der Waals surface area contributed by atoms with Crippen LogP contribution in [0.5, 0.6) is 17.2 Å². The number of hydrogen-bond donors (Lipinski definition) is 1. The molecule has 0 spiro atoms. The van der Waals surface area contributed by atoms with Crippen LogP contribution >= 0.6 is 0 Å². The van der Waals surface area contributed by atoms with E-state index in [1.807, 2.05) is 0 Å². The van der Waals surface area contributed by atoms with Crippen molar-refractivity contribution in [2.24, 2.45) is 0 Å². The molecule has 4 rings (SSSR count). The predicted octanol–water partition coefficient (Wildman–Crippen LogP) is 4.24. The van der Waals surface area contributed by atoms with E-state index in [1.54, 1.807) is 18.2 Å². The highest BCUT2D eigenvalue weighted by molar-refractivity contribution is 5.70. The van der Waals surface area contributed by atoms with Gasteiger partial charge in [-0.1, -0.05) is 11.3 Å². The number of benzene rings is 2. The van der Waals surface area contributed by atoms with Crippen molar-refractivity contribution in [3.63, 3.8) is 0 Å². The van der Waals surface area contributed by atoms with E-state index in [0.717, 1.165) is 24.1 Å². The average molecular weight is 438 g/mol. The Hall–Kier alpha value is -3.37. The van der Waals surface area contributed by atoms with Gasteiger partial charge in [-0.05, 0) is 48.6 Å². The van der Waals surface area contributed by atoms with Crippen molar-refractivity contribution >= 4 is 0 Å². The number of rotatable bonds is 6. The summed E-state index contributed by atoms with van der Waals surface area (Å²) in [5, 5.41) is 13.7. The molecule has 0 radical (unpaired) electrons. The molecule has 2 heterocycles. The summed E-state index contributed by atoms with van der Waals surface area (Å²) in [4.78, 5) is 0. The Balaban J connectivity index is 1.56. The van der Waals surface area contributed by atoms with Crippen LogP contribution in [0.25, 0.3) is 11.1 Å². The second-order valence-corrected chi connectivity index (χ2v) is 7.00. The van der Waals surface area contributed by atoms with Gasteiger partial charge < -0.3 is 14.2 Å². The third-order valence-electron chi connectivity index (χ3n) is 4.95. The number of halogens is 4. The van der Waals surface area contributed by atoms with Crippen LogP contribution in [0.15, 0.2) is 30.3 Å². The first-order valence-electron chi connectivity index (χ1n) is 9.48. The summed E-state index contributed by atoms with van der Waals surface area (Å²) in [6, 6.07) is 6.86. The van der Waals surface area contributed by atoms with Gasteiger partial charge in [0.05, 0.1) is 13.2 Å². The smallest absolute Gasteiger partial charge is 0.494 e. The molecule has 1 atom stereocenters. The van der Waals surface area contributed by atoms with Crippen molar-refractivity contribution in [1.29, 1.82) is 0 Å². The van der Waals surface area contributed by atoms with Gasteiger partial charge in [0.25, 0.3) is 0 Å². The van der Waals surface area contributed by atoms with Crippen molar-refractivity contribution in [2.75, 3.05) is 7.11 Å². The number of nitrogens with one attached hydrogen (secondary N) is 1. The van der Waals surface area contributed by atoms with Gasteiger partial charge in [0.15, 0.2) is 17.4 Å². The molecule has 31 heavy (non-hydrogen) atoms. The number of aryl methyl sites for hydroxylation is 2. The SMILES string of the molecule is COc1cc(OC(F)(F)F)cc(-c2ccc3c(c2)CC[C@H](CCc2nn[nH]n2)O3)c1F. The lowest BCUT2D eigenvalue weighted by atomic mass is 9.95. The number of aromatic nitrogens is 4. The molecule has 0 fully saturated rings. The third kappa shape index (κ3) is 4.86. The zero-order chi connectivity index (χ0) is 22.0. The normalized spacial score (nSPS) is 15.8. The summed E-state index contributed by atoms with van der Waals surface area (Å²) in [5.74, 6) is -0.409. The van der Waals surface area contributed by atoms with Crippen molar-refractivity contribution < 1.29 is 31.8 Å². The maximum atomic E-state index is 14.8. The zero-order valence-corrected chi connectivity index (χ0v) is 16.4. The van der Waals surface area contributed by atoms with Crippen LogP contribution in [-0.4, -0.2) is 40.2 Å². The van der Waals surface area contributed by atoms with Gasteiger partial charge >= 0.3 is 6.36 Å². The Labute approximate surface area is 174 Å². The predicted molar refractivity (Wildman–Crippen MR) is 100 cm³/mol. The molecule has 0 bridgehead atoms.